The number of ether oxygens (including phenoxy) is 6. The van der Waals surface area contributed by atoms with E-state index in [1.165, 1.54) is 76.3 Å². The van der Waals surface area contributed by atoms with Crippen molar-refractivity contribution in [2.45, 2.75) is 76.1 Å². The van der Waals surface area contributed by atoms with Gasteiger partial charge in [0, 0.05) is 34.8 Å². The highest BCUT2D eigenvalue weighted by atomic mass is 19.3. The predicted octanol–water partition coefficient (Wildman–Crippen LogP) is 8.46. The largest absolute Gasteiger partial charge is 0.864 e. The molecule has 3 aliphatic rings. The van der Waals surface area contributed by atoms with Gasteiger partial charge in [-0.15, -0.1) is 0 Å². The van der Waals surface area contributed by atoms with E-state index in [-0.39, 0.29) is 36.3 Å². The fourth-order valence-electron chi connectivity index (χ4n) is 7.87. The summed E-state index contributed by atoms with van der Waals surface area (Å²) in [5.74, 6) is -21.6. The third kappa shape index (κ3) is 10.9. The van der Waals surface area contributed by atoms with Crippen LogP contribution in [0.3, 0.4) is 0 Å². The summed E-state index contributed by atoms with van der Waals surface area (Å²) in [5, 5.41) is 0. The molecule has 0 bridgehead atoms. The van der Waals surface area contributed by atoms with Crippen LogP contribution in [0.1, 0.15) is 71.6 Å². The molecule has 18 nitrogen and oxygen atoms in total. The molecular formula is C45H39BF9N9O9. The van der Waals surface area contributed by atoms with Crippen molar-refractivity contribution in [3.05, 3.63) is 107 Å². The van der Waals surface area contributed by atoms with E-state index in [9.17, 15) is 0 Å². The summed E-state index contributed by atoms with van der Waals surface area (Å²) < 4.78 is 191. The van der Waals surface area contributed by atoms with Gasteiger partial charge in [0.05, 0.1) is 57.7 Å². The van der Waals surface area contributed by atoms with Crippen LogP contribution in [0.4, 0.5) is 39.5 Å². The Labute approximate surface area is 408 Å². The molecule has 9 rings (SSSR count). The Kier molecular flexibility index (Phi) is 13.4. The number of rotatable bonds is 21. The highest BCUT2D eigenvalue weighted by molar-refractivity contribution is 6.39. The first-order chi connectivity index (χ1) is 34.7. The fourth-order valence-corrected chi connectivity index (χ4v) is 7.87. The van der Waals surface area contributed by atoms with E-state index in [0.29, 0.717) is 17.2 Å². The molecule has 6 aromatic heterocycles. The Morgan fingerprint density at radius 1 is 0.438 bits per heavy atom. The molecule has 3 aliphatic carbocycles. The first-order valence-electron chi connectivity index (χ1n) is 22.0. The Morgan fingerprint density at radius 3 is 0.945 bits per heavy atom. The SMILES string of the molecule is COc1ccc([C@H]2C[C@@H]2C(F)(F)Oc2nc(C)nc(F)c2OB(Oc2c(F)nc(C)nc2OC(F)(F)[C@H]2C[C@@H]2c2ccc(OC)cn2)Oc2c(F)nc(C)nc2OC(F)(F)[C@H]2C[C@@H]2c2ccc(OC)cn2)nc1. The van der Waals surface area contributed by atoms with E-state index in [2.05, 4.69) is 44.9 Å². The van der Waals surface area contributed by atoms with Crippen molar-refractivity contribution >= 4 is 7.32 Å². The minimum atomic E-state index is -4.17. The molecule has 0 unspecified atom stereocenters. The normalized spacial score (nSPS) is 20.1. The molecule has 6 aromatic rings. The summed E-state index contributed by atoms with van der Waals surface area (Å²) >= 11 is 0. The van der Waals surface area contributed by atoms with Gasteiger partial charge in [-0.1, -0.05) is 0 Å². The number of halogens is 9. The lowest BCUT2D eigenvalue weighted by atomic mass is 10.2. The van der Waals surface area contributed by atoms with E-state index in [1.807, 2.05) is 0 Å². The summed E-state index contributed by atoms with van der Waals surface area (Å²) in [5.41, 5.74) is 0.704. The summed E-state index contributed by atoms with van der Waals surface area (Å²) in [6, 6.07) is 8.85. The molecule has 384 valence electrons. The molecule has 6 atom stereocenters. The Balaban J connectivity index is 1.05. The zero-order valence-corrected chi connectivity index (χ0v) is 39.0. The maximum atomic E-state index is 16.0. The number of alkyl halides is 6. The number of nitrogens with zero attached hydrogens (tertiary/aromatic N) is 9. The van der Waals surface area contributed by atoms with E-state index in [0.717, 1.165) is 20.8 Å². The van der Waals surface area contributed by atoms with Gasteiger partial charge in [-0.25, -0.2) is 15.0 Å². The number of aromatic nitrogens is 9. The van der Waals surface area contributed by atoms with Gasteiger partial charge in [0.1, 0.15) is 34.7 Å². The minimum Gasteiger partial charge on any atom is -0.495 e. The lowest BCUT2D eigenvalue weighted by molar-refractivity contribution is -0.196. The molecule has 0 radical (unpaired) electrons. The van der Waals surface area contributed by atoms with Crippen LogP contribution in [0.2, 0.25) is 0 Å². The van der Waals surface area contributed by atoms with E-state index < -0.39 is 131 Å². The molecule has 0 aromatic carbocycles. The van der Waals surface area contributed by atoms with Crippen LogP contribution in [-0.2, 0) is 0 Å². The van der Waals surface area contributed by atoms with Crippen LogP contribution in [0.25, 0.3) is 0 Å². The van der Waals surface area contributed by atoms with Crippen molar-refractivity contribution in [3.8, 4) is 52.1 Å². The average Bonchev–Trinajstić information content (AvgIpc) is 4.20. The van der Waals surface area contributed by atoms with Gasteiger partial charge in [0.15, 0.2) is 0 Å². The molecule has 73 heavy (non-hydrogen) atoms. The maximum Gasteiger partial charge on any atom is 0.864 e. The Bertz CT molecular complexity index is 2680. The van der Waals surface area contributed by atoms with E-state index in [1.54, 1.807) is 0 Å². The molecule has 0 N–H and O–H groups in total. The third-order valence-corrected chi connectivity index (χ3v) is 11.8. The molecule has 0 aliphatic heterocycles. The maximum absolute atomic E-state index is 16.0. The quantitative estimate of drug-likeness (QED) is 0.0377. The third-order valence-electron chi connectivity index (χ3n) is 11.8. The van der Waals surface area contributed by atoms with Crippen molar-refractivity contribution in [2.75, 3.05) is 21.3 Å². The van der Waals surface area contributed by atoms with Crippen molar-refractivity contribution in [1.82, 2.24) is 44.9 Å². The number of hydrogen-bond donors (Lipinski definition) is 0. The standard InChI is InChI=1S/C45H39BF9N9O9/c1-19-59-37(47)34(40(62-19)68-43(50,51)28-13-25(28)31-10-7-22(65-4)16-56-31)71-46(72-35-38(48)60-20(2)63-41(35)69-44(52,53)29-14-26(29)32-11-8-23(66-5)17-57-32)73-36-39(49)61-21(3)64-42(36)70-45(54,55)30-15-27(30)33-12-9-24(67-6)18-58-33/h7-12,16-18,25-30H,13-15H2,1-6H3/t25-,26-,27-,28-,29-,30-/m0/s1. The van der Waals surface area contributed by atoms with Crippen LogP contribution in [0.15, 0.2) is 55.0 Å². The van der Waals surface area contributed by atoms with Crippen molar-refractivity contribution in [3.63, 3.8) is 0 Å². The van der Waals surface area contributed by atoms with Crippen LogP contribution in [0, 0.1) is 56.4 Å². The van der Waals surface area contributed by atoms with Crippen molar-refractivity contribution in [2.24, 2.45) is 17.8 Å². The summed E-state index contributed by atoms with van der Waals surface area (Å²) in [6.45, 7) is 3.25. The van der Waals surface area contributed by atoms with Crippen LogP contribution >= 0.6 is 0 Å². The first-order valence-corrected chi connectivity index (χ1v) is 22.0. The zero-order chi connectivity index (χ0) is 52.1. The first kappa shape index (κ1) is 50.3. The lowest BCUT2D eigenvalue weighted by Gasteiger charge is -2.24. The molecule has 3 saturated carbocycles. The van der Waals surface area contributed by atoms with Gasteiger partial charge in [0.25, 0.3) is 35.5 Å². The van der Waals surface area contributed by atoms with E-state index in [4.69, 9.17) is 42.4 Å². The zero-order valence-electron chi connectivity index (χ0n) is 39.0. The topological polar surface area (TPSA) is 199 Å². The highest BCUT2D eigenvalue weighted by Gasteiger charge is 2.61. The smallest absolute Gasteiger partial charge is 0.495 e. The average molecular weight is 1030 g/mol. The number of methoxy groups -OCH3 is 3. The number of hydrogen-bond acceptors (Lipinski definition) is 18. The molecular weight excluding hydrogens is 992 g/mol. The molecule has 0 saturated heterocycles. The Hall–Kier alpha value is -7.68. The summed E-state index contributed by atoms with van der Waals surface area (Å²) in [4.78, 5) is 34.1. The lowest BCUT2D eigenvalue weighted by Crippen LogP contribution is -2.40. The Morgan fingerprint density at radius 2 is 0.712 bits per heavy atom. The second-order valence-corrected chi connectivity index (χ2v) is 16.9. The van der Waals surface area contributed by atoms with Crippen LogP contribution < -0.4 is 42.4 Å². The molecule has 0 amide bonds. The second kappa shape index (κ2) is 19.4. The van der Waals surface area contributed by atoms with Gasteiger partial charge in [-0.2, -0.15) is 54.5 Å². The van der Waals surface area contributed by atoms with Gasteiger partial charge in [-0.05, 0) is 76.4 Å². The summed E-state index contributed by atoms with van der Waals surface area (Å²) in [7, 11) is 1.10. The number of pyridine rings is 3. The van der Waals surface area contributed by atoms with Crippen LogP contribution in [0.5, 0.6) is 52.1 Å². The monoisotopic (exact) mass is 1030 g/mol. The second-order valence-electron chi connectivity index (χ2n) is 16.9. The highest BCUT2D eigenvalue weighted by Crippen LogP contribution is 2.58. The van der Waals surface area contributed by atoms with Gasteiger partial charge in [0.2, 0.25) is 17.2 Å². The molecule has 0 spiro atoms. The van der Waals surface area contributed by atoms with Crippen molar-refractivity contribution < 1.29 is 81.9 Å². The van der Waals surface area contributed by atoms with Gasteiger partial charge in [-0.3, -0.25) is 15.0 Å². The van der Waals surface area contributed by atoms with Crippen molar-refractivity contribution in [1.29, 1.82) is 0 Å². The summed E-state index contributed by atoms with van der Waals surface area (Å²) in [6.07, 6.45) is -9.14. The van der Waals surface area contributed by atoms with E-state index >= 15 is 39.5 Å². The molecule has 3 fully saturated rings. The predicted molar refractivity (Wildman–Crippen MR) is 229 cm³/mol. The molecule has 6 heterocycles. The van der Waals surface area contributed by atoms with Gasteiger partial charge < -0.3 is 42.4 Å². The fraction of sp³-hybridized carbons (Fsp3) is 0.400. The minimum absolute atomic E-state index is 0.180. The number of aryl methyl sites for hydroxylation is 3. The van der Waals surface area contributed by atoms with Gasteiger partial charge >= 0.3 is 25.6 Å². The molecule has 28 heteroatoms. The van der Waals surface area contributed by atoms with Crippen LogP contribution in [-0.4, -0.2) is 91.8 Å².